The van der Waals surface area contributed by atoms with Crippen LogP contribution in [0, 0.1) is 5.92 Å². The summed E-state index contributed by atoms with van der Waals surface area (Å²) >= 11 is 0. The minimum absolute atomic E-state index is 0. The molecule has 1 atom stereocenters. The predicted octanol–water partition coefficient (Wildman–Crippen LogP) is 3.26. The summed E-state index contributed by atoms with van der Waals surface area (Å²) in [6.07, 6.45) is -2.81. The van der Waals surface area contributed by atoms with E-state index in [0.717, 1.165) is 18.9 Å². The van der Waals surface area contributed by atoms with E-state index in [0.29, 0.717) is 12.1 Å². The van der Waals surface area contributed by atoms with Crippen molar-refractivity contribution in [2.75, 3.05) is 6.54 Å². The summed E-state index contributed by atoms with van der Waals surface area (Å²) in [6, 6.07) is 4.75. The molecular formula is C16H22ClF3N2O. The Morgan fingerprint density at radius 2 is 1.96 bits per heavy atom. The van der Waals surface area contributed by atoms with Crippen molar-refractivity contribution in [3.63, 3.8) is 0 Å². The third kappa shape index (κ3) is 4.61. The van der Waals surface area contributed by atoms with Crippen molar-refractivity contribution in [3.05, 3.63) is 35.4 Å². The summed E-state index contributed by atoms with van der Waals surface area (Å²) in [7, 11) is 0. The van der Waals surface area contributed by atoms with Crippen LogP contribution in [0.3, 0.4) is 0 Å². The van der Waals surface area contributed by atoms with Crippen LogP contribution in [0.5, 0.6) is 0 Å². The van der Waals surface area contributed by atoms with Gasteiger partial charge in [-0.2, -0.15) is 13.2 Å². The van der Waals surface area contributed by atoms with Crippen LogP contribution in [0.2, 0.25) is 0 Å². The number of carbonyl (C=O) groups excluding carboxylic acids is 1. The Kier molecular flexibility index (Phi) is 6.10. The van der Waals surface area contributed by atoms with Gasteiger partial charge in [-0.15, -0.1) is 12.4 Å². The van der Waals surface area contributed by atoms with Gasteiger partial charge in [-0.1, -0.05) is 32.0 Å². The second kappa shape index (κ2) is 7.09. The van der Waals surface area contributed by atoms with Crippen molar-refractivity contribution < 1.29 is 18.0 Å². The van der Waals surface area contributed by atoms with Crippen molar-refractivity contribution in [2.45, 2.75) is 44.3 Å². The van der Waals surface area contributed by atoms with Gasteiger partial charge >= 0.3 is 6.18 Å². The Bertz CT molecular complexity index is 557. The van der Waals surface area contributed by atoms with E-state index >= 15 is 0 Å². The Morgan fingerprint density at radius 1 is 1.35 bits per heavy atom. The number of benzene rings is 1. The third-order valence-electron chi connectivity index (χ3n) is 4.28. The molecule has 7 heteroatoms. The number of amides is 1. The molecule has 3 nitrogen and oxygen atoms in total. The highest BCUT2D eigenvalue weighted by Crippen LogP contribution is 2.48. The zero-order valence-corrected chi connectivity index (χ0v) is 13.9. The van der Waals surface area contributed by atoms with Gasteiger partial charge in [-0.25, -0.2) is 0 Å². The van der Waals surface area contributed by atoms with Gasteiger partial charge in [0.1, 0.15) is 0 Å². The van der Waals surface area contributed by atoms with Gasteiger partial charge in [0.25, 0.3) is 0 Å². The zero-order valence-electron chi connectivity index (χ0n) is 13.1. The maximum Gasteiger partial charge on any atom is 0.416 e. The number of hydrogen-bond acceptors (Lipinski definition) is 2. The van der Waals surface area contributed by atoms with E-state index in [1.807, 2.05) is 13.8 Å². The molecule has 23 heavy (non-hydrogen) atoms. The Balaban J connectivity index is 0.00000264. The van der Waals surface area contributed by atoms with Crippen molar-refractivity contribution in [3.8, 4) is 0 Å². The second-order valence-corrected chi connectivity index (χ2v) is 6.35. The minimum atomic E-state index is -4.35. The van der Waals surface area contributed by atoms with Gasteiger partial charge in [0, 0.05) is 12.0 Å². The first kappa shape index (κ1) is 19.8. The van der Waals surface area contributed by atoms with Crippen molar-refractivity contribution in [1.29, 1.82) is 0 Å². The molecule has 0 spiro atoms. The van der Waals surface area contributed by atoms with Crippen LogP contribution in [0.15, 0.2) is 24.3 Å². The molecule has 1 aromatic carbocycles. The van der Waals surface area contributed by atoms with Gasteiger partial charge in [0.15, 0.2) is 0 Å². The molecule has 0 saturated heterocycles. The number of rotatable bonds is 5. The number of nitrogens with two attached hydrogens (primary N) is 1. The first-order valence-electron chi connectivity index (χ1n) is 7.37. The molecule has 1 amide bonds. The number of hydrogen-bond donors (Lipinski definition) is 2. The van der Waals surface area contributed by atoms with Gasteiger partial charge in [0.05, 0.1) is 11.6 Å². The summed E-state index contributed by atoms with van der Waals surface area (Å²) in [5.41, 5.74) is 5.36. The van der Waals surface area contributed by atoms with E-state index in [-0.39, 0.29) is 29.6 Å². The van der Waals surface area contributed by atoms with Crippen LogP contribution >= 0.6 is 12.4 Å². The monoisotopic (exact) mass is 350 g/mol. The summed E-state index contributed by atoms with van der Waals surface area (Å²) < 4.78 is 38.4. The van der Waals surface area contributed by atoms with E-state index in [1.165, 1.54) is 12.1 Å². The highest BCUT2D eigenvalue weighted by molar-refractivity contribution is 5.85. The Morgan fingerprint density at radius 3 is 2.43 bits per heavy atom. The van der Waals surface area contributed by atoms with Gasteiger partial charge in [0.2, 0.25) is 5.91 Å². The molecule has 1 fully saturated rings. The molecule has 0 aromatic heterocycles. The molecule has 1 aliphatic carbocycles. The second-order valence-electron chi connectivity index (χ2n) is 6.35. The molecule has 1 aliphatic rings. The van der Waals surface area contributed by atoms with Crippen molar-refractivity contribution in [1.82, 2.24) is 5.32 Å². The van der Waals surface area contributed by atoms with Crippen LogP contribution in [0.1, 0.15) is 37.8 Å². The van der Waals surface area contributed by atoms with Crippen molar-refractivity contribution >= 4 is 18.3 Å². The van der Waals surface area contributed by atoms with Gasteiger partial charge < -0.3 is 11.1 Å². The van der Waals surface area contributed by atoms with Crippen LogP contribution in [0.4, 0.5) is 13.2 Å². The minimum Gasteiger partial charge on any atom is -0.354 e. The molecule has 3 N–H and O–H groups in total. The van der Waals surface area contributed by atoms with Crippen LogP contribution in [0.25, 0.3) is 0 Å². The van der Waals surface area contributed by atoms with E-state index in [9.17, 15) is 18.0 Å². The topological polar surface area (TPSA) is 55.1 Å². The summed E-state index contributed by atoms with van der Waals surface area (Å²) in [5.74, 6) is -0.239. The highest BCUT2D eigenvalue weighted by Gasteiger charge is 2.45. The molecule has 1 saturated carbocycles. The summed E-state index contributed by atoms with van der Waals surface area (Å²) in [6.45, 7) is 4.03. The molecule has 2 rings (SSSR count). The van der Waals surface area contributed by atoms with Crippen LogP contribution < -0.4 is 11.1 Å². The fraction of sp³-hybridized carbons (Fsp3) is 0.562. The average molecular weight is 351 g/mol. The molecule has 0 radical (unpaired) electrons. The normalized spacial score (nSPS) is 17.3. The lowest BCUT2D eigenvalue weighted by atomic mass is 9.93. The molecule has 1 aromatic rings. The van der Waals surface area contributed by atoms with Gasteiger partial charge in [-0.3, -0.25) is 4.79 Å². The zero-order chi connectivity index (χ0) is 16.5. The van der Waals surface area contributed by atoms with Crippen LogP contribution in [-0.4, -0.2) is 18.5 Å². The lowest BCUT2D eigenvalue weighted by Gasteiger charge is -2.21. The van der Waals surface area contributed by atoms with E-state index in [2.05, 4.69) is 5.32 Å². The molecule has 0 heterocycles. The number of halogens is 4. The lowest BCUT2D eigenvalue weighted by molar-refractivity contribution is -0.137. The fourth-order valence-corrected chi connectivity index (χ4v) is 2.42. The molecule has 0 bridgehead atoms. The standard InChI is InChI=1S/C16H21F3N2O.ClH/c1-10(2)13(20)14(22)21-9-15(6-7-15)11-4-3-5-12(8-11)16(17,18)19;/h3-5,8,10,13H,6-7,9,20H2,1-2H3,(H,21,22);1H/t13-;/m0./s1. The first-order chi connectivity index (χ1) is 10.2. The van der Waals surface area contributed by atoms with Crippen molar-refractivity contribution in [2.24, 2.45) is 11.7 Å². The smallest absolute Gasteiger partial charge is 0.354 e. The molecule has 0 aliphatic heterocycles. The van der Waals surface area contributed by atoms with Crippen LogP contribution in [-0.2, 0) is 16.4 Å². The lowest BCUT2D eigenvalue weighted by Crippen LogP contribution is -2.46. The average Bonchev–Trinajstić information content (AvgIpc) is 3.24. The van der Waals surface area contributed by atoms with E-state index in [1.54, 1.807) is 6.07 Å². The predicted molar refractivity (Wildman–Crippen MR) is 85.4 cm³/mol. The number of nitrogens with one attached hydrogen (secondary N) is 1. The Labute approximate surface area is 140 Å². The molecule has 130 valence electrons. The maximum atomic E-state index is 12.8. The van der Waals surface area contributed by atoms with Gasteiger partial charge in [-0.05, 0) is 30.4 Å². The summed E-state index contributed by atoms with van der Waals surface area (Å²) in [4.78, 5) is 11.9. The van der Waals surface area contributed by atoms with E-state index in [4.69, 9.17) is 5.73 Å². The third-order valence-corrected chi connectivity index (χ3v) is 4.28. The van der Waals surface area contributed by atoms with E-state index < -0.39 is 17.8 Å². The highest BCUT2D eigenvalue weighted by atomic mass is 35.5. The largest absolute Gasteiger partial charge is 0.416 e. The SMILES string of the molecule is CC(C)[C@H](N)C(=O)NCC1(c2cccc(C(F)(F)F)c2)CC1.Cl. The number of alkyl halides is 3. The maximum absolute atomic E-state index is 12.8. The Hall–Kier alpha value is -1.27. The summed E-state index contributed by atoms with van der Waals surface area (Å²) in [5, 5.41) is 2.78. The molecular weight excluding hydrogens is 329 g/mol. The fourth-order valence-electron chi connectivity index (χ4n) is 2.42. The molecule has 0 unspecified atom stereocenters. The first-order valence-corrected chi connectivity index (χ1v) is 7.37. The quantitative estimate of drug-likeness (QED) is 0.856. The number of carbonyl (C=O) groups is 1.